The van der Waals surface area contributed by atoms with Crippen LogP contribution in [-0.4, -0.2) is 60.0 Å². The van der Waals surface area contributed by atoms with Gasteiger partial charge in [0.25, 0.3) is 15.9 Å². The Bertz CT molecular complexity index is 1380. The van der Waals surface area contributed by atoms with E-state index < -0.39 is 21.6 Å². The van der Waals surface area contributed by atoms with E-state index in [-0.39, 0.29) is 35.7 Å². The van der Waals surface area contributed by atoms with Crippen LogP contribution < -0.4 is 10.6 Å². The Balaban J connectivity index is 1.30. The molecular formula is C25H28N4O5S3. The highest BCUT2D eigenvalue weighted by molar-refractivity contribution is 7.89. The molecule has 1 atom stereocenters. The van der Waals surface area contributed by atoms with Crippen LogP contribution in [0.1, 0.15) is 54.6 Å². The molecule has 3 aromatic heterocycles. The number of pyridine rings is 1. The molecule has 2 fully saturated rings. The number of nitrogens with zero attached hydrogens (tertiary/aromatic N) is 2. The number of carbonyl (C=O) groups is 3. The fourth-order valence-corrected chi connectivity index (χ4v) is 8.38. The molecule has 3 aromatic rings. The highest BCUT2D eigenvalue weighted by atomic mass is 32.2. The molecule has 1 saturated heterocycles. The quantitative estimate of drug-likeness (QED) is 0.476. The lowest BCUT2D eigenvalue weighted by molar-refractivity contribution is -0.132. The third-order valence-electron chi connectivity index (χ3n) is 7.03. The number of sulfonamides is 1. The predicted molar refractivity (Wildman–Crippen MR) is 142 cm³/mol. The van der Waals surface area contributed by atoms with E-state index in [1.54, 1.807) is 23.5 Å². The normalized spacial score (nSPS) is 20.9. The topological polar surface area (TPSA) is 126 Å². The van der Waals surface area contributed by atoms with Gasteiger partial charge >= 0.3 is 0 Å². The molecule has 1 unspecified atom stereocenters. The van der Waals surface area contributed by atoms with Crippen molar-refractivity contribution in [2.75, 3.05) is 13.1 Å². The standard InChI is InChI=1S/C25H28N4O5S3/c30-18-16-29(37(33,34)22-8-2-5-12-26-22)13-6-7-17(18)27-24(32)25(10-3-1-4-11-25)28-23(31)21-15-20-19(36-21)9-14-35-20/h2,5,8-9,12,14-15,17H,1,3-4,6-7,10-11,13,16H2,(H,27,32)(H,28,31). The predicted octanol–water partition coefficient (Wildman–Crippen LogP) is 3.33. The molecule has 9 nitrogen and oxygen atoms in total. The first kappa shape index (κ1) is 26.0. The van der Waals surface area contributed by atoms with Crippen molar-refractivity contribution in [1.82, 2.24) is 19.9 Å². The summed E-state index contributed by atoms with van der Waals surface area (Å²) in [5.74, 6) is -1.04. The van der Waals surface area contributed by atoms with Crippen LogP contribution in [-0.2, 0) is 19.6 Å². The summed E-state index contributed by atoms with van der Waals surface area (Å²) in [5, 5.41) is 7.76. The monoisotopic (exact) mass is 560 g/mol. The van der Waals surface area contributed by atoms with Gasteiger partial charge < -0.3 is 10.6 Å². The van der Waals surface area contributed by atoms with Crippen LogP contribution in [0.5, 0.6) is 0 Å². The maximum atomic E-state index is 13.6. The van der Waals surface area contributed by atoms with E-state index in [4.69, 9.17) is 0 Å². The molecule has 0 spiro atoms. The average Bonchev–Trinajstić information content (AvgIpc) is 3.46. The number of Topliss-reactive ketones (excluding diaryl/α,β-unsaturated/α-hetero) is 1. The van der Waals surface area contributed by atoms with E-state index in [2.05, 4.69) is 15.6 Å². The van der Waals surface area contributed by atoms with Crippen molar-refractivity contribution in [3.8, 4) is 0 Å². The highest BCUT2D eigenvalue weighted by Crippen LogP contribution is 2.33. The van der Waals surface area contributed by atoms with Crippen molar-refractivity contribution >= 4 is 59.7 Å². The Kier molecular flexibility index (Phi) is 7.44. The first-order valence-corrected chi connectivity index (χ1v) is 15.5. The van der Waals surface area contributed by atoms with Gasteiger partial charge in [-0.15, -0.1) is 22.7 Å². The number of nitrogens with one attached hydrogen (secondary N) is 2. The van der Waals surface area contributed by atoms with Gasteiger partial charge in [-0.05, 0) is 55.3 Å². The number of hydrogen-bond acceptors (Lipinski definition) is 8. The summed E-state index contributed by atoms with van der Waals surface area (Å²) < 4.78 is 29.2. The van der Waals surface area contributed by atoms with E-state index in [0.29, 0.717) is 30.6 Å². The van der Waals surface area contributed by atoms with Gasteiger partial charge in [-0.3, -0.25) is 14.4 Å². The van der Waals surface area contributed by atoms with Crippen LogP contribution in [0.15, 0.2) is 46.9 Å². The minimum absolute atomic E-state index is 0.109. The number of ketones is 1. The van der Waals surface area contributed by atoms with E-state index in [1.165, 1.54) is 23.6 Å². The third-order valence-corrected chi connectivity index (χ3v) is 10.9. The Hall–Kier alpha value is -2.67. The summed E-state index contributed by atoms with van der Waals surface area (Å²) in [6.07, 6.45) is 5.67. The summed E-state index contributed by atoms with van der Waals surface area (Å²) >= 11 is 2.96. The van der Waals surface area contributed by atoms with Crippen molar-refractivity contribution in [2.45, 2.75) is 61.6 Å². The average molecular weight is 561 g/mol. The van der Waals surface area contributed by atoms with Crippen molar-refractivity contribution in [3.05, 3.63) is 46.8 Å². The molecule has 0 radical (unpaired) electrons. The van der Waals surface area contributed by atoms with Crippen molar-refractivity contribution in [1.29, 1.82) is 0 Å². The maximum absolute atomic E-state index is 13.6. The number of fused-ring (bicyclic) bond motifs is 1. The van der Waals surface area contributed by atoms with E-state index in [0.717, 1.165) is 33.0 Å². The highest BCUT2D eigenvalue weighted by Gasteiger charge is 2.43. The molecule has 0 bridgehead atoms. The molecule has 2 aliphatic rings. The number of thiophene rings is 2. The number of rotatable bonds is 6. The lowest BCUT2D eigenvalue weighted by atomic mass is 9.80. The maximum Gasteiger partial charge on any atom is 0.262 e. The fourth-order valence-electron chi connectivity index (χ4n) is 5.00. The summed E-state index contributed by atoms with van der Waals surface area (Å²) in [7, 11) is -3.92. The first-order chi connectivity index (χ1) is 17.8. The second kappa shape index (κ2) is 10.6. The SMILES string of the molecule is O=C(NC1(C(=O)NC2CCCN(S(=O)(=O)c3ccccn3)CC2=O)CCCCC1)c1cc2sccc2s1. The molecule has 1 aliphatic heterocycles. The summed E-state index contributed by atoms with van der Waals surface area (Å²) in [5.41, 5.74) is -1.10. The molecule has 12 heteroatoms. The smallest absolute Gasteiger partial charge is 0.262 e. The Labute approximate surface area is 223 Å². The van der Waals surface area contributed by atoms with Crippen molar-refractivity contribution in [2.24, 2.45) is 0 Å². The molecule has 196 valence electrons. The molecule has 37 heavy (non-hydrogen) atoms. The van der Waals surface area contributed by atoms with Gasteiger partial charge in [0.2, 0.25) is 5.91 Å². The fraction of sp³-hybridized carbons (Fsp3) is 0.440. The van der Waals surface area contributed by atoms with Gasteiger partial charge in [-0.2, -0.15) is 4.31 Å². The van der Waals surface area contributed by atoms with Crippen LogP contribution in [0.2, 0.25) is 0 Å². The van der Waals surface area contributed by atoms with Gasteiger partial charge in [0.1, 0.15) is 5.54 Å². The molecule has 4 heterocycles. The molecule has 1 saturated carbocycles. The molecule has 5 rings (SSSR count). The summed E-state index contributed by atoms with van der Waals surface area (Å²) in [4.78, 5) is 44.4. The second-order valence-corrected chi connectivity index (χ2v) is 13.4. The van der Waals surface area contributed by atoms with Crippen molar-refractivity contribution in [3.63, 3.8) is 0 Å². The molecule has 2 N–H and O–H groups in total. The lowest BCUT2D eigenvalue weighted by Gasteiger charge is -2.37. The van der Waals surface area contributed by atoms with E-state index in [9.17, 15) is 22.8 Å². The molecule has 1 aliphatic carbocycles. The number of hydrogen-bond donors (Lipinski definition) is 2. The Morgan fingerprint density at radius 3 is 2.62 bits per heavy atom. The minimum atomic E-state index is -3.92. The Morgan fingerprint density at radius 2 is 1.89 bits per heavy atom. The number of amides is 2. The summed E-state index contributed by atoms with van der Waals surface area (Å²) in [6, 6.07) is 7.61. The van der Waals surface area contributed by atoms with Crippen LogP contribution in [0.4, 0.5) is 0 Å². The van der Waals surface area contributed by atoms with Crippen LogP contribution in [0, 0.1) is 0 Å². The van der Waals surface area contributed by atoms with Gasteiger partial charge in [-0.25, -0.2) is 13.4 Å². The lowest BCUT2D eigenvalue weighted by Crippen LogP contribution is -2.62. The minimum Gasteiger partial charge on any atom is -0.344 e. The second-order valence-electron chi connectivity index (χ2n) is 9.50. The van der Waals surface area contributed by atoms with Crippen LogP contribution in [0.3, 0.4) is 0 Å². The molecule has 2 amide bonds. The summed E-state index contributed by atoms with van der Waals surface area (Å²) in [6.45, 7) is -0.177. The molecule has 0 aromatic carbocycles. The molecular weight excluding hydrogens is 532 g/mol. The largest absolute Gasteiger partial charge is 0.344 e. The number of aromatic nitrogens is 1. The Morgan fingerprint density at radius 1 is 1.08 bits per heavy atom. The van der Waals surface area contributed by atoms with Crippen LogP contribution in [0.25, 0.3) is 9.40 Å². The van der Waals surface area contributed by atoms with Crippen molar-refractivity contribution < 1.29 is 22.8 Å². The third kappa shape index (κ3) is 5.33. The first-order valence-electron chi connectivity index (χ1n) is 12.3. The zero-order valence-electron chi connectivity index (χ0n) is 20.1. The van der Waals surface area contributed by atoms with Crippen LogP contribution >= 0.6 is 22.7 Å². The van der Waals surface area contributed by atoms with E-state index in [1.807, 2.05) is 17.5 Å². The zero-order valence-corrected chi connectivity index (χ0v) is 22.6. The van der Waals surface area contributed by atoms with Gasteiger partial charge in [-0.1, -0.05) is 25.3 Å². The van der Waals surface area contributed by atoms with Gasteiger partial charge in [0.15, 0.2) is 10.8 Å². The van der Waals surface area contributed by atoms with E-state index >= 15 is 0 Å². The van der Waals surface area contributed by atoms with Gasteiger partial charge in [0, 0.05) is 22.1 Å². The number of carbonyl (C=O) groups excluding carboxylic acids is 3. The van der Waals surface area contributed by atoms with Gasteiger partial charge in [0.05, 0.1) is 17.5 Å². The zero-order chi connectivity index (χ0) is 26.0.